The van der Waals surface area contributed by atoms with E-state index in [-0.39, 0.29) is 22.0 Å². The van der Waals surface area contributed by atoms with Gasteiger partial charge in [0.2, 0.25) is 10.0 Å². The molecule has 20 heavy (non-hydrogen) atoms. The SMILES string of the molecule is Cc1cc(C(=O)NCCS(C)=O)cc(S(N)(=O)=O)c1Cl. The lowest BCUT2D eigenvalue weighted by Crippen LogP contribution is -2.28. The lowest BCUT2D eigenvalue weighted by atomic mass is 10.1. The van der Waals surface area contributed by atoms with Crippen molar-refractivity contribution in [2.75, 3.05) is 18.6 Å². The van der Waals surface area contributed by atoms with Gasteiger partial charge < -0.3 is 5.32 Å². The standard InChI is InChI=1S/C11H15ClN2O4S2/c1-7-5-8(11(15)14-3-4-19(2)16)6-9(10(7)12)20(13,17)18/h5-6H,3-4H2,1-2H3,(H,14,15)(H2,13,17,18). The maximum atomic E-state index is 11.9. The van der Waals surface area contributed by atoms with E-state index in [0.717, 1.165) is 6.07 Å². The third-order valence-corrected chi connectivity index (χ3v) is 4.79. The Balaban J connectivity index is 3.05. The van der Waals surface area contributed by atoms with E-state index in [1.54, 1.807) is 6.92 Å². The van der Waals surface area contributed by atoms with Gasteiger partial charge in [0, 0.05) is 34.9 Å². The number of carbonyl (C=O) groups excluding carboxylic acids is 1. The molecule has 0 radical (unpaired) electrons. The van der Waals surface area contributed by atoms with Crippen LogP contribution in [0, 0.1) is 6.92 Å². The van der Waals surface area contributed by atoms with Crippen LogP contribution in [0.2, 0.25) is 5.02 Å². The van der Waals surface area contributed by atoms with Crippen molar-refractivity contribution in [2.45, 2.75) is 11.8 Å². The van der Waals surface area contributed by atoms with Crippen molar-refractivity contribution in [3.8, 4) is 0 Å². The van der Waals surface area contributed by atoms with E-state index in [1.165, 1.54) is 12.3 Å². The Labute approximate surface area is 125 Å². The van der Waals surface area contributed by atoms with Gasteiger partial charge in [-0.05, 0) is 24.6 Å². The molecule has 1 atom stereocenters. The van der Waals surface area contributed by atoms with Crippen molar-refractivity contribution >= 4 is 38.3 Å². The minimum Gasteiger partial charge on any atom is -0.351 e. The molecule has 1 aromatic rings. The molecular formula is C11H15ClN2O4S2. The van der Waals surface area contributed by atoms with Crippen LogP contribution in [0.1, 0.15) is 15.9 Å². The van der Waals surface area contributed by atoms with Gasteiger partial charge in [0.1, 0.15) is 4.90 Å². The number of nitrogens with one attached hydrogen (secondary N) is 1. The summed E-state index contributed by atoms with van der Waals surface area (Å²) in [5, 5.41) is 7.59. The van der Waals surface area contributed by atoms with Gasteiger partial charge >= 0.3 is 0 Å². The van der Waals surface area contributed by atoms with Crippen LogP contribution in [-0.2, 0) is 20.8 Å². The Morgan fingerprint density at radius 1 is 1.45 bits per heavy atom. The van der Waals surface area contributed by atoms with Crippen molar-refractivity contribution < 1.29 is 17.4 Å². The maximum absolute atomic E-state index is 11.9. The Morgan fingerprint density at radius 2 is 2.05 bits per heavy atom. The number of rotatable bonds is 5. The van der Waals surface area contributed by atoms with E-state index >= 15 is 0 Å². The number of carbonyl (C=O) groups is 1. The molecule has 0 bridgehead atoms. The molecule has 0 fully saturated rings. The van der Waals surface area contributed by atoms with Crippen LogP contribution in [0.4, 0.5) is 0 Å². The molecule has 1 amide bonds. The summed E-state index contributed by atoms with van der Waals surface area (Å²) in [7, 11) is -5.02. The van der Waals surface area contributed by atoms with Crippen LogP contribution in [-0.4, -0.2) is 37.1 Å². The van der Waals surface area contributed by atoms with Gasteiger partial charge in [0.25, 0.3) is 5.91 Å². The van der Waals surface area contributed by atoms with Crippen molar-refractivity contribution in [1.82, 2.24) is 5.32 Å². The van der Waals surface area contributed by atoms with Crippen molar-refractivity contribution in [1.29, 1.82) is 0 Å². The summed E-state index contributed by atoms with van der Waals surface area (Å²) in [5.74, 6) is -0.152. The van der Waals surface area contributed by atoms with Gasteiger partial charge in [-0.1, -0.05) is 11.6 Å². The Hall–Kier alpha value is -0.960. The number of benzene rings is 1. The van der Waals surface area contributed by atoms with E-state index in [0.29, 0.717) is 11.3 Å². The van der Waals surface area contributed by atoms with Gasteiger partial charge in [-0.15, -0.1) is 0 Å². The van der Waals surface area contributed by atoms with E-state index in [4.69, 9.17) is 16.7 Å². The zero-order valence-corrected chi connectivity index (χ0v) is 13.4. The molecule has 1 unspecified atom stereocenters. The third kappa shape index (κ3) is 4.55. The largest absolute Gasteiger partial charge is 0.351 e. The quantitative estimate of drug-likeness (QED) is 0.810. The second-order valence-corrected chi connectivity index (χ2v) is 7.65. The first-order chi connectivity index (χ1) is 9.12. The highest BCUT2D eigenvalue weighted by Crippen LogP contribution is 2.25. The van der Waals surface area contributed by atoms with E-state index in [2.05, 4.69) is 5.32 Å². The number of primary sulfonamides is 1. The first-order valence-corrected chi connectivity index (χ1v) is 9.19. The summed E-state index contributed by atoms with van der Waals surface area (Å²) in [5.41, 5.74) is 0.570. The second kappa shape index (κ2) is 6.66. The van der Waals surface area contributed by atoms with Crippen LogP contribution in [0.25, 0.3) is 0 Å². The summed E-state index contributed by atoms with van der Waals surface area (Å²) in [6.07, 6.45) is 1.53. The molecule has 1 rings (SSSR count). The average molecular weight is 339 g/mol. The highest BCUT2D eigenvalue weighted by atomic mass is 35.5. The zero-order valence-electron chi connectivity index (χ0n) is 11.0. The van der Waals surface area contributed by atoms with Crippen LogP contribution in [0.3, 0.4) is 0 Å². The molecular weight excluding hydrogens is 324 g/mol. The number of halogens is 1. The molecule has 112 valence electrons. The molecule has 9 heteroatoms. The second-order valence-electron chi connectivity index (χ2n) is 4.18. The lowest BCUT2D eigenvalue weighted by Gasteiger charge is -2.09. The van der Waals surface area contributed by atoms with E-state index in [9.17, 15) is 17.4 Å². The monoisotopic (exact) mass is 338 g/mol. The van der Waals surface area contributed by atoms with Crippen LogP contribution >= 0.6 is 11.6 Å². The predicted octanol–water partition coefficient (Wildman–Crippen LogP) is 0.404. The maximum Gasteiger partial charge on any atom is 0.251 e. The molecule has 6 nitrogen and oxygen atoms in total. The lowest BCUT2D eigenvalue weighted by molar-refractivity contribution is 0.0956. The van der Waals surface area contributed by atoms with Gasteiger partial charge in [-0.2, -0.15) is 0 Å². The van der Waals surface area contributed by atoms with Crippen LogP contribution in [0.5, 0.6) is 0 Å². The third-order valence-electron chi connectivity index (χ3n) is 2.46. The summed E-state index contributed by atoms with van der Waals surface area (Å²) in [4.78, 5) is 11.6. The topological polar surface area (TPSA) is 106 Å². The Bertz CT molecular complexity index is 659. The molecule has 0 aliphatic heterocycles. The minimum atomic E-state index is -4.01. The highest BCUT2D eigenvalue weighted by Gasteiger charge is 2.18. The van der Waals surface area contributed by atoms with Gasteiger partial charge in [-0.25, -0.2) is 13.6 Å². The number of hydrogen-bond donors (Lipinski definition) is 2. The zero-order chi connectivity index (χ0) is 15.5. The van der Waals surface area contributed by atoms with Gasteiger partial charge in [0.05, 0.1) is 5.02 Å². The van der Waals surface area contributed by atoms with Crippen molar-refractivity contribution in [2.24, 2.45) is 5.14 Å². The van der Waals surface area contributed by atoms with Crippen LogP contribution < -0.4 is 10.5 Å². The number of sulfonamides is 1. The molecule has 0 aliphatic carbocycles. The summed E-state index contributed by atoms with van der Waals surface area (Å²) in [6.45, 7) is 1.81. The fraction of sp³-hybridized carbons (Fsp3) is 0.364. The normalized spacial score (nSPS) is 13.0. The molecule has 0 aromatic heterocycles. The first kappa shape index (κ1) is 17.1. The summed E-state index contributed by atoms with van der Waals surface area (Å²) in [6, 6.07) is 2.60. The molecule has 0 heterocycles. The average Bonchev–Trinajstić information content (AvgIpc) is 2.30. The highest BCUT2D eigenvalue weighted by molar-refractivity contribution is 7.89. The molecule has 0 saturated carbocycles. The molecule has 0 aliphatic rings. The first-order valence-electron chi connectivity index (χ1n) is 5.54. The Morgan fingerprint density at radius 3 is 2.55 bits per heavy atom. The molecule has 0 saturated heterocycles. The minimum absolute atomic E-state index is 0.00119. The summed E-state index contributed by atoms with van der Waals surface area (Å²) < 4.78 is 33.7. The van der Waals surface area contributed by atoms with Crippen molar-refractivity contribution in [3.05, 3.63) is 28.3 Å². The fourth-order valence-electron chi connectivity index (χ4n) is 1.49. The van der Waals surface area contributed by atoms with E-state index < -0.39 is 26.7 Å². The smallest absolute Gasteiger partial charge is 0.251 e. The van der Waals surface area contributed by atoms with Crippen LogP contribution in [0.15, 0.2) is 17.0 Å². The fourth-order valence-corrected chi connectivity index (χ4v) is 3.01. The molecule has 3 N–H and O–H groups in total. The number of aryl methyl sites for hydroxylation is 1. The number of hydrogen-bond acceptors (Lipinski definition) is 4. The predicted molar refractivity (Wildman–Crippen MR) is 78.8 cm³/mol. The van der Waals surface area contributed by atoms with Gasteiger partial charge in [-0.3, -0.25) is 9.00 Å². The molecule has 1 aromatic carbocycles. The molecule has 0 spiro atoms. The number of amides is 1. The summed E-state index contributed by atoms with van der Waals surface area (Å²) >= 11 is 5.87. The van der Waals surface area contributed by atoms with Gasteiger partial charge in [0.15, 0.2) is 0 Å². The van der Waals surface area contributed by atoms with E-state index in [1.807, 2.05) is 0 Å². The Kier molecular flexibility index (Phi) is 5.69. The van der Waals surface area contributed by atoms with Crippen molar-refractivity contribution in [3.63, 3.8) is 0 Å². The number of nitrogens with two attached hydrogens (primary N) is 1.